The Bertz CT molecular complexity index is 634. The van der Waals surface area contributed by atoms with Gasteiger partial charge in [0.1, 0.15) is 13.7 Å². The monoisotopic (exact) mass is 285 g/mol. The van der Waals surface area contributed by atoms with E-state index in [0.717, 1.165) is 5.56 Å². The number of aromatic nitrogens is 1. The zero-order valence-electron chi connectivity index (χ0n) is 12.0. The maximum atomic E-state index is 11.7. The third kappa shape index (κ3) is 4.42. The average molecular weight is 285 g/mol. The molecular formula is C16H17N2O3+. The molecule has 0 fully saturated rings. The van der Waals surface area contributed by atoms with E-state index < -0.39 is 6.09 Å². The fraction of sp³-hybridized carbons (Fsp3) is 0.188. The molecule has 21 heavy (non-hydrogen) atoms. The predicted octanol–water partition coefficient (Wildman–Crippen LogP) is 2.46. The van der Waals surface area contributed by atoms with Crippen LogP contribution in [0.25, 0.3) is 0 Å². The number of carbonyl (C=O) groups is 2. The third-order valence-electron chi connectivity index (χ3n) is 2.96. The first kappa shape index (κ1) is 14.7. The maximum Gasteiger partial charge on any atom is 0.411 e. The van der Waals surface area contributed by atoms with E-state index in [-0.39, 0.29) is 12.4 Å². The molecule has 0 spiro atoms. The van der Waals surface area contributed by atoms with Crippen molar-refractivity contribution in [3.63, 3.8) is 0 Å². The van der Waals surface area contributed by atoms with Crippen LogP contribution in [0.4, 0.5) is 10.5 Å². The van der Waals surface area contributed by atoms with Crippen LogP contribution >= 0.6 is 0 Å². The van der Waals surface area contributed by atoms with Crippen molar-refractivity contribution in [2.75, 3.05) is 5.32 Å². The molecule has 0 atom stereocenters. The van der Waals surface area contributed by atoms with E-state index in [9.17, 15) is 9.59 Å². The fourth-order valence-electron chi connectivity index (χ4n) is 1.72. The van der Waals surface area contributed by atoms with Gasteiger partial charge in [-0.1, -0.05) is 0 Å². The van der Waals surface area contributed by atoms with E-state index in [1.807, 2.05) is 36.1 Å². The van der Waals surface area contributed by atoms with Gasteiger partial charge in [0.05, 0.1) is 0 Å². The number of nitrogens with zero attached hydrogens (tertiary/aromatic N) is 1. The number of ether oxygens (including phenoxy) is 1. The molecule has 5 nitrogen and oxygen atoms in total. The number of pyridine rings is 1. The van der Waals surface area contributed by atoms with Crippen LogP contribution in [0, 0.1) is 0 Å². The minimum Gasteiger partial charge on any atom is -0.444 e. The summed E-state index contributed by atoms with van der Waals surface area (Å²) in [6.07, 6.45) is 3.24. The van der Waals surface area contributed by atoms with Crippen molar-refractivity contribution in [3.8, 4) is 0 Å². The van der Waals surface area contributed by atoms with Crippen molar-refractivity contribution < 1.29 is 18.9 Å². The van der Waals surface area contributed by atoms with Gasteiger partial charge in [-0.2, -0.15) is 0 Å². The van der Waals surface area contributed by atoms with Crippen molar-refractivity contribution in [2.45, 2.75) is 13.5 Å². The molecule has 0 saturated heterocycles. The van der Waals surface area contributed by atoms with Crippen LogP contribution in [0.15, 0.2) is 48.8 Å². The van der Waals surface area contributed by atoms with Gasteiger partial charge in [-0.25, -0.2) is 9.36 Å². The van der Waals surface area contributed by atoms with Crippen LogP contribution in [0.1, 0.15) is 22.8 Å². The molecule has 0 bridgehead atoms. The molecular weight excluding hydrogens is 268 g/mol. The SMILES string of the molecule is CC(=O)c1ccc(NC(=O)OCc2cc[n+](C)cc2)cc1. The Morgan fingerprint density at radius 3 is 2.29 bits per heavy atom. The molecule has 0 aliphatic heterocycles. The number of hydrogen-bond acceptors (Lipinski definition) is 3. The van der Waals surface area contributed by atoms with E-state index in [1.54, 1.807) is 24.3 Å². The maximum absolute atomic E-state index is 11.7. The molecule has 0 aliphatic carbocycles. The van der Waals surface area contributed by atoms with Gasteiger partial charge in [-0.05, 0) is 31.2 Å². The highest BCUT2D eigenvalue weighted by atomic mass is 16.5. The van der Waals surface area contributed by atoms with Crippen molar-refractivity contribution in [1.82, 2.24) is 0 Å². The summed E-state index contributed by atoms with van der Waals surface area (Å²) >= 11 is 0. The average Bonchev–Trinajstić information content (AvgIpc) is 2.47. The Kier molecular flexibility index (Phi) is 4.66. The summed E-state index contributed by atoms with van der Waals surface area (Å²) in [7, 11) is 1.92. The summed E-state index contributed by atoms with van der Waals surface area (Å²) in [6, 6.07) is 10.4. The van der Waals surface area contributed by atoms with Crippen LogP contribution in [-0.2, 0) is 18.4 Å². The molecule has 0 aliphatic rings. The number of Topliss-reactive ketones (excluding diaryl/α,β-unsaturated/α-hetero) is 1. The number of hydrogen-bond donors (Lipinski definition) is 1. The number of amides is 1. The normalized spacial score (nSPS) is 10.0. The van der Waals surface area contributed by atoms with E-state index in [0.29, 0.717) is 11.3 Å². The minimum absolute atomic E-state index is 0.0126. The number of ketones is 1. The lowest BCUT2D eigenvalue weighted by atomic mass is 10.1. The van der Waals surface area contributed by atoms with Gasteiger partial charge in [0.15, 0.2) is 18.2 Å². The van der Waals surface area contributed by atoms with E-state index in [4.69, 9.17) is 4.74 Å². The molecule has 2 aromatic rings. The highest BCUT2D eigenvalue weighted by Gasteiger charge is 2.05. The summed E-state index contributed by atoms with van der Waals surface area (Å²) in [4.78, 5) is 22.8. The van der Waals surface area contributed by atoms with Gasteiger partial charge in [-0.15, -0.1) is 0 Å². The van der Waals surface area contributed by atoms with Crippen molar-refractivity contribution in [3.05, 3.63) is 59.9 Å². The molecule has 1 aromatic carbocycles. The molecule has 0 unspecified atom stereocenters. The first-order valence-electron chi connectivity index (χ1n) is 6.53. The molecule has 1 heterocycles. The molecule has 1 N–H and O–H groups in total. The first-order chi connectivity index (χ1) is 10.0. The lowest BCUT2D eigenvalue weighted by Crippen LogP contribution is -2.26. The van der Waals surface area contributed by atoms with Crippen LogP contribution in [0.2, 0.25) is 0 Å². The Balaban J connectivity index is 1.86. The van der Waals surface area contributed by atoms with Crippen LogP contribution in [0.3, 0.4) is 0 Å². The molecule has 0 radical (unpaired) electrons. The van der Waals surface area contributed by atoms with E-state index in [1.165, 1.54) is 6.92 Å². The molecule has 1 aromatic heterocycles. The zero-order valence-corrected chi connectivity index (χ0v) is 12.0. The first-order valence-corrected chi connectivity index (χ1v) is 6.53. The molecule has 2 rings (SSSR count). The second-order valence-corrected chi connectivity index (χ2v) is 4.71. The molecule has 5 heteroatoms. The number of anilines is 1. The third-order valence-corrected chi connectivity index (χ3v) is 2.96. The summed E-state index contributed by atoms with van der Waals surface area (Å²) in [5.74, 6) is -0.0126. The van der Waals surface area contributed by atoms with Crippen LogP contribution in [0.5, 0.6) is 0 Å². The van der Waals surface area contributed by atoms with E-state index in [2.05, 4.69) is 5.32 Å². The largest absolute Gasteiger partial charge is 0.444 e. The summed E-state index contributed by atoms with van der Waals surface area (Å²) in [5, 5.41) is 2.61. The molecule has 108 valence electrons. The predicted molar refractivity (Wildman–Crippen MR) is 77.9 cm³/mol. The fourth-order valence-corrected chi connectivity index (χ4v) is 1.72. The van der Waals surface area contributed by atoms with Crippen molar-refractivity contribution in [1.29, 1.82) is 0 Å². The van der Waals surface area contributed by atoms with Gasteiger partial charge >= 0.3 is 6.09 Å². The summed E-state index contributed by atoms with van der Waals surface area (Å²) in [6.45, 7) is 1.70. The van der Waals surface area contributed by atoms with Gasteiger partial charge < -0.3 is 4.74 Å². The Morgan fingerprint density at radius 2 is 1.71 bits per heavy atom. The standard InChI is InChI=1S/C16H16N2O3/c1-12(19)14-3-5-15(6-4-14)17-16(20)21-11-13-7-9-18(2)10-8-13/h3-10H,11H2,1-2H3/p+1. The number of benzene rings is 1. The van der Waals surface area contributed by atoms with Crippen molar-refractivity contribution >= 4 is 17.6 Å². The summed E-state index contributed by atoms with van der Waals surface area (Å²) in [5.41, 5.74) is 2.10. The highest BCUT2D eigenvalue weighted by molar-refractivity contribution is 5.94. The Hall–Kier alpha value is -2.69. The highest BCUT2D eigenvalue weighted by Crippen LogP contribution is 2.10. The van der Waals surface area contributed by atoms with Gasteiger partial charge in [-0.3, -0.25) is 10.1 Å². The molecule has 1 amide bonds. The Labute approximate surface area is 123 Å². The summed E-state index contributed by atoms with van der Waals surface area (Å²) < 4.78 is 7.03. The van der Waals surface area contributed by atoms with Crippen LogP contribution in [-0.4, -0.2) is 11.9 Å². The Morgan fingerprint density at radius 1 is 1.10 bits per heavy atom. The second kappa shape index (κ2) is 6.65. The number of nitrogens with one attached hydrogen (secondary N) is 1. The second-order valence-electron chi connectivity index (χ2n) is 4.71. The molecule has 0 saturated carbocycles. The van der Waals surface area contributed by atoms with Gasteiger partial charge in [0.25, 0.3) is 0 Å². The van der Waals surface area contributed by atoms with Gasteiger partial charge in [0, 0.05) is 28.9 Å². The van der Waals surface area contributed by atoms with Crippen LogP contribution < -0.4 is 9.88 Å². The van der Waals surface area contributed by atoms with E-state index >= 15 is 0 Å². The number of carbonyl (C=O) groups excluding carboxylic acids is 2. The lowest BCUT2D eigenvalue weighted by molar-refractivity contribution is -0.671. The topological polar surface area (TPSA) is 59.3 Å². The van der Waals surface area contributed by atoms with Crippen molar-refractivity contribution in [2.24, 2.45) is 7.05 Å². The number of rotatable bonds is 4. The zero-order chi connectivity index (χ0) is 15.2. The minimum atomic E-state index is -0.529. The lowest BCUT2D eigenvalue weighted by Gasteiger charge is -2.07. The smallest absolute Gasteiger partial charge is 0.411 e. The van der Waals surface area contributed by atoms with Gasteiger partial charge in [0.2, 0.25) is 0 Å². The quantitative estimate of drug-likeness (QED) is 0.693. The number of aryl methyl sites for hydroxylation is 1.